The van der Waals surface area contributed by atoms with E-state index in [1.165, 1.54) is 4.31 Å². The van der Waals surface area contributed by atoms with Gasteiger partial charge in [0.1, 0.15) is 0 Å². The molecule has 31 heavy (non-hydrogen) atoms. The Bertz CT molecular complexity index is 1180. The third-order valence-electron chi connectivity index (χ3n) is 5.63. The van der Waals surface area contributed by atoms with Crippen molar-refractivity contribution in [3.05, 3.63) is 71.9 Å². The van der Waals surface area contributed by atoms with Crippen molar-refractivity contribution in [2.45, 2.75) is 31.6 Å². The van der Waals surface area contributed by atoms with Crippen LogP contribution in [0.1, 0.15) is 24.0 Å². The van der Waals surface area contributed by atoms with Crippen LogP contribution < -0.4 is 5.32 Å². The van der Waals surface area contributed by atoms with E-state index in [9.17, 15) is 13.2 Å². The SMILES string of the molecule is Cc1ccc(S(=O)(=O)N2CCC(C(=O)Nc3ccn(-c4ccccc4)n3)CC2)c(C)c1. The molecule has 0 atom stereocenters. The summed E-state index contributed by atoms with van der Waals surface area (Å²) in [6.45, 7) is 4.41. The summed E-state index contributed by atoms with van der Waals surface area (Å²) in [5, 5.41) is 7.27. The molecule has 0 spiro atoms. The van der Waals surface area contributed by atoms with Crippen LogP contribution in [0.5, 0.6) is 0 Å². The number of aryl methyl sites for hydroxylation is 2. The van der Waals surface area contributed by atoms with Gasteiger partial charge >= 0.3 is 0 Å². The molecule has 1 aliphatic rings. The predicted octanol–water partition coefficient (Wildman–Crippen LogP) is 3.53. The van der Waals surface area contributed by atoms with Gasteiger partial charge in [-0.3, -0.25) is 4.79 Å². The second-order valence-corrected chi connectivity index (χ2v) is 9.82. The van der Waals surface area contributed by atoms with Gasteiger partial charge in [0.2, 0.25) is 15.9 Å². The Labute approximate surface area is 182 Å². The van der Waals surface area contributed by atoms with E-state index in [-0.39, 0.29) is 11.8 Å². The number of amides is 1. The van der Waals surface area contributed by atoms with Crippen LogP contribution in [0.15, 0.2) is 65.7 Å². The largest absolute Gasteiger partial charge is 0.309 e. The number of hydrogen-bond acceptors (Lipinski definition) is 4. The number of piperidine rings is 1. The smallest absolute Gasteiger partial charge is 0.243 e. The number of carbonyl (C=O) groups excluding carboxylic acids is 1. The number of rotatable bonds is 5. The van der Waals surface area contributed by atoms with Gasteiger partial charge in [0, 0.05) is 31.3 Å². The first-order valence-electron chi connectivity index (χ1n) is 10.3. The summed E-state index contributed by atoms with van der Waals surface area (Å²) in [6, 6.07) is 16.8. The fraction of sp³-hybridized carbons (Fsp3) is 0.304. The molecule has 162 valence electrons. The Morgan fingerprint density at radius 1 is 1.03 bits per heavy atom. The summed E-state index contributed by atoms with van der Waals surface area (Å²) in [5.74, 6) is 0.119. The van der Waals surface area contributed by atoms with Gasteiger partial charge in [0.15, 0.2) is 5.82 Å². The lowest BCUT2D eigenvalue weighted by atomic mass is 9.97. The first-order valence-corrected chi connectivity index (χ1v) is 11.8. The van der Waals surface area contributed by atoms with Gasteiger partial charge in [0.05, 0.1) is 10.6 Å². The number of aromatic nitrogens is 2. The van der Waals surface area contributed by atoms with Crippen molar-refractivity contribution in [2.75, 3.05) is 18.4 Å². The second-order valence-electron chi connectivity index (χ2n) is 7.92. The van der Waals surface area contributed by atoms with Crippen molar-refractivity contribution in [1.29, 1.82) is 0 Å². The van der Waals surface area contributed by atoms with Crippen molar-refractivity contribution in [3.8, 4) is 5.69 Å². The molecule has 3 aromatic rings. The number of nitrogens with zero attached hydrogens (tertiary/aromatic N) is 3. The predicted molar refractivity (Wildman–Crippen MR) is 120 cm³/mol. The van der Waals surface area contributed by atoms with Crippen molar-refractivity contribution >= 4 is 21.7 Å². The summed E-state index contributed by atoms with van der Waals surface area (Å²) < 4.78 is 29.3. The van der Waals surface area contributed by atoms with E-state index in [2.05, 4.69) is 10.4 Å². The second kappa shape index (κ2) is 8.64. The summed E-state index contributed by atoms with van der Waals surface area (Å²) in [5.41, 5.74) is 2.68. The standard InChI is InChI=1S/C23H26N4O3S/c1-17-8-9-21(18(2)16-17)31(29,30)26-13-10-19(11-14-26)23(28)24-22-12-15-27(25-22)20-6-4-3-5-7-20/h3-9,12,15-16,19H,10-11,13-14H2,1-2H3,(H,24,25,28). The first-order chi connectivity index (χ1) is 14.8. The first kappa shape index (κ1) is 21.3. The minimum Gasteiger partial charge on any atom is -0.309 e. The highest BCUT2D eigenvalue weighted by atomic mass is 32.2. The number of para-hydroxylation sites is 1. The number of sulfonamides is 1. The van der Waals surface area contributed by atoms with E-state index >= 15 is 0 Å². The van der Waals surface area contributed by atoms with Crippen LogP contribution in [0.2, 0.25) is 0 Å². The molecular weight excluding hydrogens is 412 g/mol. The molecule has 1 N–H and O–H groups in total. The van der Waals surface area contributed by atoms with Gasteiger partial charge in [-0.05, 0) is 50.5 Å². The number of hydrogen-bond donors (Lipinski definition) is 1. The third kappa shape index (κ3) is 4.55. The minimum atomic E-state index is -3.56. The molecule has 1 aliphatic heterocycles. The van der Waals surface area contributed by atoms with E-state index < -0.39 is 10.0 Å². The zero-order chi connectivity index (χ0) is 22.0. The van der Waals surface area contributed by atoms with Crippen LogP contribution in [0, 0.1) is 19.8 Å². The van der Waals surface area contributed by atoms with Crippen LogP contribution in [-0.4, -0.2) is 41.5 Å². The summed E-state index contributed by atoms with van der Waals surface area (Å²) >= 11 is 0. The van der Waals surface area contributed by atoms with Crippen molar-refractivity contribution in [3.63, 3.8) is 0 Å². The van der Waals surface area contributed by atoms with Crippen molar-refractivity contribution in [1.82, 2.24) is 14.1 Å². The van der Waals surface area contributed by atoms with Gasteiger partial charge in [-0.2, -0.15) is 9.40 Å². The highest BCUT2D eigenvalue weighted by molar-refractivity contribution is 7.89. The molecule has 0 unspecified atom stereocenters. The van der Waals surface area contributed by atoms with Gasteiger partial charge in [-0.25, -0.2) is 13.1 Å². The molecule has 0 bridgehead atoms. The third-order valence-corrected chi connectivity index (χ3v) is 7.69. The minimum absolute atomic E-state index is 0.123. The number of benzene rings is 2. The lowest BCUT2D eigenvalue weighted by molar-refractivity contribution is -0.120. The van der Waals surface area contributed by atoms with Crippen LogP contribution in [0.3, 0.4) is 0 Å². The molecular formula is C23H26N4O3S. The molecule has 0 saturated carbocycles. The van der Waals surface area contributed by atoms with Gasteiger partial charge in [0.25, 0.3) is 0 Å². The molecule has 4 rings (SSSR count). The van der Waals surface area contributed by atoms with Gasteiger partial charge < -0.3 is 5.32 Å². The number of nitrogens with one attached hydrogen (secondary N) is 1. The summed E-state index contributed by atoms with van der Waals surface area (Å²) in [4.78, 5) is 13.0. The Balaban J connectivity index is 1.37. The number of carbonyl (C=O) groups is 1. The summed E-state index contributed by atoms with van der Waals surface area (Å²) in [7, 11) is -3.56. The lowest BCUT2D eigenvalue weighted by Gasteiger charge is -2.30. The Kier molecular flexibility index (Phi) is 5.93. The highest BCUT2D eigenvalue weighted by Crippen LogP contribution is 2.27. The molecule has 0 radical (unpaired) electrons. The van der Waals surface area contributed by atoms with Gasteiger partial charge in [-0.15, -0.1) is 0 Å². The van der Waals surface area contributed by atoms with Crippen LogP contribution >= 0.6 is 0 Å². The van der Waals surface area contributed by atoms with Crippen molar-refractivity contribution in [2.24, 2.45) is 5.92 Å². The maximum absolute atomic E-state index is 13.0. The van der Waals surface area contributed by atoms with E-state index in [4.69, 9.17) is 0 Å². The molecule has 1 saturated heterocycles. The fourth-order valence-corrected chi connectivity index (χ4v) is 5.61. The zero-order valence-electron chi connectivity index (χ0n) is 17.7. The van der Waals surface area contributed by atoms with E-state index in [1.54, 1.807) is 23.0 Å². The maximum Gasteiger partial charge on any atom is 0.243 e. The molecule has 2 aromatic carbocycles. The normalized spacial score (nSPS) is 15.7. The molecule has 0 aliphatic carbocycles. The molecule has 8 heteroatoms. The average Bonchev–Trinajstić information content (AvgIpc) is 3.22. The lowest BCUT2D eigenvalue weighted by Crippen LogP contribution is -2.41. The molecule has 7 nitrogen and oxygen atoms in total. The fourth-order valence-electron chi connectivity index (χ4n) is 3.93. The van der Waals surface area contributed by atoms with Gasteiger partial charge in [-0.1, -0.05) is 35.9 Å². The molecule has 1 amide bonds. The zero-order valence-corrected chi connectivity index (χ0v) is 18.5. The van der Waals surface area contributed by atoms with Crippen molar-refractivity contribution < 1.29 is 13.2 Å². The molecule has 1 fully saturated rings. The van der Waals surface area contributed by atoms with E-state index in [0.717, 1.165) is 16.8 Å². The van der Waals surface area contributed by atoms with E-state index in [0.29, 0.717) is 36.6 Å². The Morgan fingerprint density at radius 2 is 1.74 bits per heavy atom. The van der Waals surface area contributed by atoms with Crippen LogP contribution in [0.4, 0.5) is 5.82 Å². The van der Waals surface area contributed by atoms with Crippen LogP contribution in [0.25, 0.3) is 5.69 Å². The summed E-state index contributed by atoms with van der Waals surface area (Å²) in [6.07, 6.45) is 2.76. The van der Waals surface area contributed by atoms with Crippen LogP contribution in [-0.2, 0) is 14.8 Å². The molecule has 2 heterocycles. The molecule has 1 aromatic heterocycles. The Hall–Kier alpha value is -2.97. The Morgan fingerprint density at radius 3 is 2.42 bits per heavy atom. The number of anilines is 1. The monoisotopic (exact) mass is 438 g/mol. The van der Waals surface area contributed by atoms with E-state index in [1.807, 2.05) is 56.3 Å². The highest BCUT2D eigenvalue weighted by Gasteiger charge is 2.33. The maximum atomic E-state index is 13.0. The quantitative estimate of drug-likeness (QED) is 0.661. The average molecular weight is 439 g/mol. The topological polar surface area (TPSA) is 84.3 Å².